The van der Waals surface area contributed by atoms with Crippen molar-refractivity contribution in [2.24, 2.45) is 36.0 Å². The van der Waals surface area contributed by atoms with Crippen molar-refractivity contribution in [2.75, 3.05) is 0 Å². The van der Waals surface area contributed by atoms with Crippen molar-refractivity contribution in [3.8, 4) is 0 Å². The van der Waals surface area contributed by atoms with E-state index < -0.39 is 12.2 Å². The van der Waals surface area contributed by atoms with Crippen LogP contribution in [0.5, 0.6) is 0 Å². The van der Waals surface area contributed by atoms with Gasteiger partial charge in [0.1, 0.15) is 0 Å². The summed E-state index contributed by atoms with van der Waals surface area (Å²) in [5.41, 5.74) is 6.36. The van der Waals surface area contributed by atoms with Crippen LogP contribution < -0.4 is 5.73 Å². The average molecular weight is 385 g/mol. The lowest BCUT2D eigenvalue weighted by Crippen LogP contribution is -2.47. The zero-order chi connectivity index (χ0) is 19.3. The molecule has 2 heterocycles. The van der Waals surface area contributed by atoms with Crippen LogP contribution in [0.1, 0.15) is 62.0 Å². The van der Waals surface area contributed by atoms with Gasteiger partial charge in [-0.25, -0.2) is 9.78 Å². The molecule has 1 unspecified atom stereocenters. The fraction of sp³-hybridized carbons (Fsp3) is 0.700. The van der Waals surface area contributed by atoms with Gasteiger partial charge in [-0.2, -0.15) is 4.98 Å². The van der Waals surface area contributed by atoms with E-state index in [4.69, 9.17) is 15.0 Å². The molecule has 4 bridgehead atoms. The maximum Gasteiger partial charge on any atom is 0.405 e. The van der Waals surface area contributed by atoms with Gasteiger partial charge in [0.05, 0.1) is 12.0 Å². The van der Waals surface area contributed by atoms with Gasteiger partial charge in [0.2, 0.25) is 0 Å². The van der Waals surface area contributed by atoms with Crippen molar-refractivity contribution >= 4 is 6.09 Å². The summed E-state index contributed by atoms with van der Waals surface area (Å²) >= 11 is 0. The van der Waals surface area contributed by atoms with Crippen LogP contribution >= 0.6 is 0 Å². The van der Waals surface area contributed by atoms with Gasteiger partial charge >= 0.3 is 6.09 Å². The summed E-state index contributed by atoms with van der Waals surface area (Å²) < 4.78 is 12.6. The van der Waals surface area contributed by atoms with E-state index in [1.54, 1.807) is 6.33 Å². The minimum atomic E-state index is -0.859. The van der Waals surface area contributed by atoms with Gasteiger partial charge in [-0.3, -0.25) is 0 Å². The Morgan fingerprint density at radius 1 is 1.32 bits per heavy atom. The van der Waals surface area contributed by atoms with Crippen LogP contribution in [0, 0.1) is 23.2 Å². The smallest absolute Gasteiger partial charge is 0.405 e. The Bertz CT molecular complexity index is 838. The van der Waals surface area contributed by atoms with Crippen LogP contribution in [0.15, 0.2) is 17.0 Å². The third-order valence-corrected chi connectivity index (χ3v) is 6.87. The lowest BCUT2D eigenvalue weighted by Gasteiger charge is -2.56. The number of carbonyl (C=O) groups excluding carboxylic acids is 1. The summed E-state index contributed by atoms with van der Waals surface area (Å²) in [4.78, 5) is 20.2. The van der Waals surface area contributed by atoms with E-state index in [1.807, 2.05) is 17.8 Å². The summed E-state index contributed by atoms with van der Waals surface area (Å²) in [5, 5.41) is 4.22. The van der Waals surface area contributed by atoms with Crippen molar-refractivity contribution in [2.45, 2.75) is 57.5 Å². The van der Waals surface area contributed by atoms with E-state index in [1.165, 1.54) is 38.5 Å². The van der Waals surface area contributed by atoms with Crippen molar-refractivity contribution in [3.63, 3.8) is 0 Å². The largest absolute Gasteiger partial charge is 0.436 e. The number of amides is 1. The van der Waals surface area contributed by atoms with Crippen LogP contribution in [0.2, 0.25) is 0 Å². The molecule has 1 amide bonds. The lowest BCUT2D eigenvalue weighted by atomic mass is 9.49. The third kappa shape index (κ3) is 3.40. The number of primary amides is 1. The minimum Gasteiger partial charge on any atom is -0.436 e. The Morgan fingerprint density at radius 2 is 2.00 bits per heavy atom. The second-order valence-electron chi connectivity index (χ2n) is 9.30. The first-order valence-corrected chi connectivity index (χ1v) is 10.2. The number of aromatic nitrogens is 4. The first kappa shape index (κ1) is 17.7. The highest BCUT2D eigenvalue weighted by Gasteiger charge is 2.51. The second-order valence-corrected chi connectivity index (χ2v) is 9.30. The standard InChI is InChI=1S/C20H27N5O3/c1-25-10-15(22-11-25)5-16(27-19(21)26)18-23-17(24-28-18)9-20-6-12-2-13(7-20)4-14(3-12)8-20/h10-14,16H,2-9H2,1H3,(H2,21,26). The number of ether oxygens (including phenoxy) is 1. The Hall–Kier alpha value is -2.38. The van der Waals surface area contributed by atoms with Gasteiger partial charge in [0, 0.05) is 26.1 Å². The van der Waals surface area contributed by atoms with E-state index in [0.29, 0.717) is 17.7 Å². The molecule has 0 spiro atoms. The Labute approximate surface area is 163 Å². The molecule has 2 aromatic rings. The predicted molar refractivity (Wildman–Crippen MR) is 98.9 cm³/mol. The molecule has 1 atom stereocenters. The average Bonchev–Trinajstić information content (AvgIpc) is 3.21. The molecule has 2 N–H and O–H groups in total. The van der Waals surface area contributed by atoms with Crippen molar-refractivity contribution in [3.05, 3.63) is 29.9 Å². The summed E-state index contributed by atoms with van der Waals surface area (Å²) in [7, 11) is 1.89. The van der Waals surface area contributed by atoms with Crippen molar-refractivity contribution < 1.29 is 14.1 Å². The number of nitrogens with two attached hydrogens (primary N) is 1. The Morgan fingerprint density at radius 3 is 2.57 bits per heavy atom. The summed E-state index contributed by atoms with van der Waals surface area (Å²) in [6.07, 6.45) is 11.3. The fourth-order valence-electron chi connectivity index (χ4n) is 6.39. The highest BCUT2D eigenvalue weighted by molar-refractivity contribution is 5.64. The molecule has 2 aromatic heterocycles. The number of carbonyl (C=O) groups is 1. The van der Waals surface area contributed by atoms with Gasteiger partial charge in [-0.15, -0.1) is 0 Å². The quantitative estimate of drug-likeness (QED) is 0.819. The number of aryl methyl sites for hydroxylation is 1. The maximum absolute atomic E-state index is 11.4. The molecular weight excluding hydrogens is 358 g/mol. The molecule has 0 saturated heterocycles. The summed E-state index contributed by atoms with van der Waals surface area (Å²) in [6.45, 7) is 0. The highest BCUT2D eigenvalue weighted by atomic mass is 16.6. The fourth-order valence-corrected chi connectivity index (χ4v) is 6.39. The Balaban J connectivity index is 1.33. The van der Waals surface area contributed by atoms with Gasteiger partial charge in [-0.1, -0.05) is 5.16 Å². The monoisotopic (exact) mass is 385 g/mol. The summed E-state index contributed by atoms with van der Waals surface area (Å²) in [6, 6.07) is 0. The molecular formula is C20H27N5O3. The lowest BCUT2D eigenvalue weighted by molar-refractivity contribution is -0.0533. The van der Waals surface area contributed by atoms with Crippen LogP contribution in [-0.4, -0.2) is 25.8 Å². The number of hydrogen-bond donors (Lipinski definition) is 1. The molecule has 8 nitrogen and oxygen atoms in total. The van der Waals surface area contributed by atoms with Crippen LogP contribution in [0.4, 0.5) is 4.79 Å². The van der Waals surface area contributed by atoms with Gasteiger partial charge in [0.25, 0.3) is 5.89 Å². The van der Waals surface area contributed by atoms with E-state index in [9.17, 15) is 4.79 Å². The highest BCUT2D eigenvalue weighted by Crippen LogP contribution is 2.60. The van der Waals surface area contributed by atoms with Crippen LogP contribution in [0.3, 0.4) is 0 Å². The number of imidazole rings is 1. The molecule has 4 saturated carbocycles. The van der Waals surface area contributed by atoms with E-state index in [0.717, 1.165) is 35.7 Å². The third-order valence-electron chi connectivity index (χ3n) is 6.87. The van der Waals surface area contributed by atoms with Gasteiger partial charge in [0.15, 0.2) is 11.9 Å². The second kappa shape index (κ2) is 6.60. The van der Waals surface area contributed by atoms with E-state index >= 15 is 0 Å². The molecule has 150 valence electrons. The molecule has 6 rings (SSSR count). The van der Waals surface area contributed by atoms with Crippen molar-refractivity contribution in [1.29, 1.82) is 0 Å². The molecule has 8 heteroatoms. The summed E-state index contributed by atoms with van der Waals surface area (Å²) in [5.74, 6) is 3.66. The van der Waals surface area contributed by atoms with Gasteiger partial charge in [-0.05, 0) is 61.7 Å². The number of hydrogen-bond acceptors (Lipinski definition) is 6. The van der Waals surface area contributed by atoms with Crippen LogP contribution in [0.25, 0.3) is 0 Å². The molecule has 4 aliphatic rings. The molecule has 4 aliphatic carbocycles. The maximum atomic E-state index is 11.4. The normalized spacial score (nSPS) is 31.8. The minimum absolute atomic E-state index is 0.296. The Kier molecular flexibility index (Phi) is 4.17. The van der Waals surface area contributed by atoms with Crippen LogP contribution in [-0.2, 0) is 24.6 Å². The number of rotatable bonds is 6. The SMILES string of the molecule is Cn1cnc(CC(OC(N)=O)c2nc(CC34CC5CC(CC(C5)C3)C4)no2)c1. The topological polar surface area (TPSA) is 109 Å². The zero-order valence-corrected chi connectivity index (χ0v) is 16.2. The molecule has 0 aliphatic heterocycles. The van der Waals surface area contributed by atoms with Gasteiger partial charge < -0.3 is 19.6 Å². The molecule has 4 fully saturated rings. The van der Waals surface area contributed by atoms with Crippen molar-refractivity contribution in [1.82, 2.24) is 19.7 Å². The zero-order valence-electron chi connectivity index (χ0n) is 16.2. The van der Waals surface area contributed by atoms with E-state index in [-0.39, 0.29) is 0 Å². The molecule has 0 aromatic carbocycles. The van der Waals surface area contributed by atoms with E-state index in [2.05, 4.69) is 15.1 Å². The first-order valence-electron chi connectivity index (χ1n) is 10.2. The number of nitrogens with zero attached hydrogens (tertiary/aromatic N) is 4. The molecule has 28 heavy (non-hydrogen) atoms. The first-order chi connectivity index (χ1) is 13.5. The molecule has 0 radical (unpaired) electrons. The predicted octanol–water partition coefficient (Wildman–Crippen LogP) is 2.94.